The van der Waals surface area contributed by atoms with Crippen LogP contribution >= 0.6 is 23.4 Å². The maximum Gasteiger partial charge on any atom is 0.0445 e. The molecular formula is C13H20ClNS. The second-order valence-corrected chi connectivity index (χ2v) is 6.17. The molecule has 0 saturated carbocycles. The second-order valence-electron chi connectivity index (χ2n) is 4.56. The molecule has 0 bridgehead atoms. The quantitative estimate of drug-likeness (QED) is 0.859. The molecule has 2 atom stereocenters. The van der Waals surface area contributed by atoms with Crippen molar-refractivity contribution in [1.29, 1.82) is 0 Å². The molecule has 0 aliphatic heterocycles. The summed E-state index contributed by atoms with van der Waals surface area (Å²) in [6.07, 6.45) is 0. The van der Waals surface area contributed by atoms with Crippen molar-refractivity contribution >= 4 is 23.4 Å². The first kappa shape index (κ1) is 13.9. The first-order chi connectivity index (χ1) is 7.50. The lowest BCUT2D eigenvalue weighted by Gasteiger charge is -2.21. The standard InChI is InChI=1S/C13H20ClNS/c1-9(2)8-16-13(10(3)15)11-4-6-12(14)7-5-11/h4-7,9-10,13H,8,15H2,1-3H3. The van der Waals surface area contributed by atoms with Gasteiger partial charge in [0.15, 0.2) is 0 Å². The van der Waals surface area contributed by atoms with Crippen LogP contribution in [0.15, 0.2) is 24.3 Å². The van der Waals surface area contributed by atoms with Gasteiger partial charge in [-0.15, -0.1) is 0 Å². The molecule has 0 spiro atoms. The largest absolute Gasteiger partial charge is 0.327 e. The highest BCUT2D eigenvalue weighted by Crippen LogP contribution is 2.33. The van der Waals surface area contributed by atoms with E-state index in [1.54, 1.807) is 0 Å². The number of halogens is 1. The average Bonchev–Trinajstić information content (AvgIpc) is 2.20. The van der Waals surface area contributed by atoms with E-state index in [1.165, 1.54) is 5.56 Å². The Balaban J connectivity index is 2.73. The predicted molar refractivity (Wildman–Crippen MR) is 75.1 cm³/mol. The van der Waals surface area contributed by atoms with E-state index in [0.29, 0.717) is 11.2 Å². The average molecular weight is 258 g/mol. The van der Waals surface area contributed by atoms with E-state index in [9.17, 15) is 0 Å². The zero-order valence-corrected chi connectivity index (χ0v) is 11.7. The molecule has 0 amide bonds. The zero-order valence-electron chi connectivity index (χ0n) is 10.1. The lowest BCUT2D eigenvalue weighted by molar-refractivity contribution is 0.706. The predicted octanol–water partition coefficient (Wildman–Crippen LogP) is 4.12. The monoisotopic (exact) mass is 257 g/mol. The van der Waals surface area contributed by atoms with Gasteiger partial charge in [0, 0.05) is 16.3 Å². The van der Waals surface area contributed by atoms with Gasteiger partial charge in [0.05, 0.1) is 0 Å². The van der Waals surface area contributed by atoms with Gasteiger partial charge in [0.25, 0.3) is 0 Å². The summed E-state index contributed by atoms with van der Waals surface area (Å²) < 4.78 is 0. The fraction of sp³-hybridized carbons (Fsp3) is 0.538. The highest BCUT2D eigenvalue weighted by Gasteiger charge is 2.16. The molecule has 0 heterocycles. The summed E-state index contributed by atoms with van der Waals surface area (Å²) in [4.78, 5) is 0. The molecule has 2 unspecified atom stereocenters. The maximum absolute atomic E-state index is 6.04. The Morgan fingerprint density at radius 2 is 1.75 bits per heavy atom. The van der Waals surface area contributed by atoms with Crippen molar-refractivity contribution in [1.82, 2.24) is 0 Å². The van der Waals surface area contributed by atoms with Crippen molar-refractivity contribution in [3.63, 3.8) is 0 Å². The molecule has 16 heavy (non-hydrogen) atoms. The second kappa shape index (κ2) is 6.53. The molecule has 0 saturated heterocycles. The molecular weight excluding hydrogens is 238 g/mol. The van der Waals surface area contributed by atoms with Crippen molar-refractivity contribution in [2.45, 2.75) is 32.1 Å². The summed E-state index contributed by atoms with van der Waals surface area (Å²) in [7, 11) is 0. The molecule has 0 fully saturated rings. The molecule has 0 aromatic heterocycles. The van der Waals surface area contributed by atoms with Crippen LogP contribution in [0.4, 0.5) is 0 Å². The Morgan fingerprint density at radius 3 is 2.19 bits per heavy atom. The molecule has 0 aliphatic rings. The van der Waals surface area contributed by atoms with E-state index < -0.39 is 0 Å². The highest BCUT2D eigenvalue weighted by molar-refractivity contribution is 7.99. The molecule has 1 aromatic carbocycles. The first-order valence-corrected chi connectivity index (χ1v) is 7.06. The van der Waals surface area contributed by atoms with E-state index in [2.05, 4.69) is 32.9 Å². The van der Waals surface area contributed by atoms with Gasteiger partial charge in [-0.05, 0) is 36.3 Å². The van der Waals surface area contributed by atoms with Crippen molar-refractivity contribution in [2.24, 2.45) is 11.7 Å². The number of thioether (sulfide) groups is 1. The maximum atomic E-state index is 6.04. The van der Waals surface area contributed by atoms with Crippen LogP contribution in [0.1, 0.15) is 31.6 Å². The SMILES string of the molecule is CC(C)CSC(c1ccc(Cl)cc1)C(C)N. The Kier molecular flexibility index (Phi) is 5.67. The van der Waals surface area contributed by atoms with Crippen LogP contribution in [0.3, 0.4) is 0 Å². The molecule has 3 heteroatoms. The van der Waals surface area contributed by atoms with Crippen molar-refractivity contribution in [3.8, 4) is 0 Å². The normalized spacial score (nSPS) is 15.1. The van der Waals surface area contributed by atoms with E-state index >= 15 is 0 Å². The first-order valence-electron chi connectivity index (χ1n) is 5.63. The van der Waals surface area contributed by atoms with Gasteiger partial charge in [-0.25, -0.2) is 0 Å². The summed E-state index contributed by atoms with van der Waals surface area (Å²) in [5.41, 5.74) is 7.31. The number of rotatable bonds is 5. The van der Waals surface area contributed by atoms with Gasteiger partial charge >= 0.3 is 0 Å². The number of nitrogens with two attached hydrogens (primary N) is 1. The fourth-order valence-electron chi connectivity index (χ4n) is 1.50. The Hall–Kier alpha value is -0.180. The minimum absolute atomic E-state index is 0.157. The van der Waals surface area contributed by atoms with E-state index in [-0.39, 0.29) is 6.04 Å². The minimum Gasteiger partial charge on any atom is -0.327 e. The van der Waals surface area contributed by atoms with Crippen LogP contribution in [0.2, 0.25) is 5.02 Å². The van der Waals surface area contributed by atoms with Gasteiger partial charge in [0.2, 0.25) is 0 Å². The van der Waals surface area contributed by atoms with Gasteiger partial charge in [-0.2, -0.15) is 11.8 Å². The van der Waals surface area contributed by atoms with E-state index in [0.717, 1.165) is 10.8 Å². The minimum atomic E-state index is 0.157. The summed E-state index contributed by atoms with van der Waals surface area (Å²) in [5.74, 6) is 1.83. The van der Waals surface area contributed by atoms with E-state index in [4.69, 9.17) is 17.3 Å². The number of hydrogen-bond donors (Lipinski definition) is 1. The molecule has 1 nitrogen and oxygen atoms in total. The van der Waals surface area contributed by atoms with Crippen LogP contribution in [-0.2, 0) is 0 Å². The van der Waals surface area contributed by atoms with Crippen LogP contribution < -0.4 is 5.73 Å². The van der Waals surface area contributed by atoms with Gasteiger partial charge in [-0.3, -0.25) is 0 Å². The Labute approximate surface area is 108 Å². The van der Waals surface area contributed by atoms with Crippen molar-refractivity contribution < 1.29 is 0 Å². The fourth-order valence-corrected chi connectivity index (χ4v) is 2.87. The third-order valence-corrected chi connectivity index (χ3v) is 4.46. The van der Waals surface area contributed by atoms with Crippen LogP contribution in [-0.4, -0.2) is 11.8 Å². The third-order valence-electron chi connectivity index (χ3n) is 2.29. The van der Waals surface area contributed by atoms with Crippen molar-refractivity contribution in [3.05, 3.63) is 34.9 Å². The topological polar surface area (TPSA) is 26.0 Å². The van der Waals surface area contributed by atoms with Gasteiger partial charge in [-0.1, -0.05) is 37.6 Å². The Bertz CT molecular complexity index is 308. The Morgan fingerprint density at radius 1 is 1.19 bits per heavy atom. The number of benzene rings is 1. The molecule has 2 N–H and O–H groups in total. The summed E-state index contributed by atoms with van der Waals surface area (Å²) >= 11 is 7.81. The molecule has 0 aliphatic carbocycles. The van der Waals surface area contributed by atoms with Crippen LogP contribution in [0, 0.1) is 5.92 Å². The molecule has 90 valence electrons. The lowest BCUT2D eigenvalue weighted by Crippen LogP contribution is -2.23. The van der Waals surface area contributed by atoms with E-state index in [1.807, 2.05) is 23.9 Å². The summed E-state index contributed by atoms with van der Waals surface area (Å²) in [5, 5.41) is 1.14. The summed E-state index contributed by atoms with van der Waals surface area (Å²) in [6, 6.07) is 8.17. The van der Waals surface area contributed by atoms with Crippen LogP contribution in [0.25, 0.3) is 0 Å². The third kappa shape index (κ3) is 4.36. The highest BCUT2D eigenvalue weighted by atomic mass is 35.5. The summed E-state index contributed by atoms with van der Waals surface area (Å²) in [6.45, 7) is 6.52. The molecule has 0 radical (unpaired) electrons. The molecule has 1 rings (SSSR count). The lowest BCUT2D eigenvalue weighted by atomic mass is 10.1. The number of hydrogen-bond acceptors (Lipinski definition) is 2. The molecule has 1 aromatic rings. The van der Waals surface area contributed by atoms with Crippen LogP contribution in [0.5, 0.6) is 0 Å². The van der Waals surface area contributed by atoms with Gasteiger partial charge in [0.1, 0.15) is 0 Å². The zero-order chi connectivity index (χ0) is 12.1. The van der Waals surface area contributed by atoms with Gasteiger partial charge < -0.3 is 5.73 Å². The smallest absolute Gasteiger partial charge is 0.0445 e. The van der Waals surface area contributed by atoms with Crippen molar-refractivity contribution in [2.75, 3.05) is 5.75 Å².